The van der Waals surface area contributed by atoms with Crippen molar-refractivity contribution in [3.8, 4) is 11.5 Å². The van der Waals surface area contributed by atoms with Crippen LogP contribution in [0.5, 0.6) is 11.5 Å². The number of hydrogen-bond acceptors (Lipinski definition) is 3. The molecule has 28 heavy (non-hydrogen) atoms. The molecule has 2 aliphatic rings. The Labute approximate surface area is 169 Å². The molecule has 0 aromatic heterocycles. The second-order valence-electron chi connectivity index (χ2n) is 8.13. The van der Waals surface area contributed by atoms with Crippen LogP contribution in [0.15, 0.2) is 48.5 Å². The number of aryl methyl sites for hydroxylation is 1. The fraction of sp³-hybridized carbons (Fsp3) is 0.520. The molecule has 3 nitrogen and oxygen atoms in total. The molecule has 150 valence electrons. The lowest BCUT2D eigenvalue weighted by Crippen LogP contribution is -2.20. The van der Waals surface area contributed by atoms with E-state index in [1.165, 1.54) is 62.9 Å². The second-order valence-corrected chi connectivity index (χ2v) is 8.13. The molecule has 1 unspecified atom stereocenters. The number of hydrogen-bond donors (Lipinski definition) is 0. The lowest BCUT2D eigenvalue weighted by Gasteiger charge is -2.26. The SMILES string of the molecule is c1ccc2c(c1)CCC(c1ccc(OCCCCCCN3CCCC3)cc1)O2. The van der Waals surface area contributed by atoms with Crippen molar-refractivity contribution in [2.24, 2.45) is 0 Å². The quantitative estimate of drug-likeness (QED) is 0.515. The summed E-state index contributed by atoms with van der Waals surface area (Å²) in [7, 11) is 0. The number of unbranched alkanes of at least 4 members (excludes halogenated alkanes) is 3. The zero-order chi connectivity index (χ0) is 19.0. The summed E-state index contributed by atoms with van der Waals surface area (Å²) in [6.07, 6.45) is 10.1. The van der Waals surface area contributed by atoms with Crippen LogP contribution in [0.2, 0.25) is 0 Å². The monoisotopic (exact) mass is 379 g/mol. The minimum atomic E-state index is 0.152. The minimum Gasteiger partial charge on any atom is -0.494 e. The van der Waals surface area contributed by atoms with E-state index in [9.17, 15) is 0 Å². The third kappa shape index (κ3) is 5.29. The maximum absolute atomic E-state index is 6.19. The van der Waals surface area contributed by atoms with E-state index in [1.807, 2.05) is 6.07 Å². The molecule has 2 aromatic carbocycles. The van der Waals surface area contributed by atoms with E-state index in [-0.39, 0.29) is 6.10 Å². The van der Waals surface area contributed by atoms with Crippen LogP contribution in [0, 0.1) is 0 Å². The van der Waals surface area contributed by atoms with Crippen LogP contribution in [0.25, 0.3) is 0 Å². The van der Waals surface area contributed by atoms with Crippen molar-refractivity contribution in [1.82, 2.24) is 4.90 Å². The van der Waals surface area contributed by atoms with Crippen LogP contribution >= 0.6 is 0 Å². The summed E-state index contributed by atoms with van der Waals surface area (Å²) in [5.41, 5.74) is 2.56. The van der Waals surface area contributed by atoms with E-state index in [0.717, 1.165) is 37.4 Å². The Hall–Kier alpha value is -2.00. The fourth-order valence-corrected chi connectivity index (χ4v) is 4.32. The highest BCUT2D eigenvalue weighted by molar-refractivity contribution is 5.37. The highest BCUT2D eigenvalue weighted by atomic mass is 16.5. The molecule has 2 aliphatic heterocycles. The number of benzene rings is 2. The van der Waals surface area contributed by atoms with Gasteiger partial charge in [-0.25, -0.2) is 0 Å². The number of rotatable bonds is 9. The molecular formula is C25H33NO2. The van der Waals surface area contributed by atoms with E-state index in [2.05, 4.69) is 47.4 Å². The molecule has 0 amide bonds. The standard InChI is InChI=1S/C25H33NO2/c1(5-17-26-18-6-7-19-26)2-8-20-27-23-14-11-22(12-15-23)25-16-13-21-9-3-4-10-24(21)28-25/h3-4,9-12,14-15,25H,1-2,5-8,13,16-20H2. The molecule has 3 heteroatoms. The first-order valence-corrected chi connectivity index (χ1v) is 11.1. The number of fused-ring (bicyclic) bond motifs is 1. The van der Waals surface area contributed by atoms with Gasteiger partial charge in [0.25, 0.3) is 0 Å². The summed E-state index contributed by atoms with van der Waals surface area (Å²) >= 11 is 0. The van der Waals surface area contributed by atoms with Gasteiger partial charge in [-0.15, -0.1) is 0 Å². The topological polar surface area (TPSA) is 21.7 Å². The molecule has 1 fully saturated rings. The average Bonchev–Trinajstić information content (AvgIpc) is 3.27. The van der Waals surface area contributed by atoms with Crippen molar-refractivity contribution >= 4 is 0 Å². The van der Waals surface area contributed by atoms with E-state index in [0.29, 0.717) is 0 Å². The molecule has 1 atom stereocenters. The van der Waals surface area contributed by atoms with Crippen molar-refractivity contribution in [3.05, 3.63) is 59.7 Å². The van der Waals surface area contributed by atoms with Crippen molar-refractivity contribution in [2.75, 3.05) is 26.2 Å². The largest absolute Gasteiger partial charge is 0.494 e. The Morgan fingerprint density at radius 3 is 2.54 bits per heavy atom. The van der Waals surface area contributed by atoms with Gasteiger partial charge in [0.1, 0.15) is 17.6 Å². The Kier molecular flexibility index (Phi) is 6.88. The summed E-state index contributed by atoms with van der Waals surface area (Å²) in [6, 6.07) is 16.9. The van der Waals surface area contributed by atoms with Crippen molar-refractivity contribution < 1.29 is 9.47 Å². The van der Waals surface area contributed by atoms with E-state index in [4.69, 9.17) is 9.47 Å². The maximum Gasteiger partial charge on any atom is 0.124 e. The first-order chi connectivity index (χ1) is 13.9. The van der Waals surface area contributed by atoms with Gasteiger partial charge < -0.3 is 14.4 Å². The van der Waals surface area contributed by atoms with Gasteiger partial charge in [-0.2, -0.15) is 0 Å². The smallest absolute Gasteiger partial charge is 0.124 e. The van der Waals surface area contributed by atoms with Gasteiger partial charge in [0.2, 0.25) is 0 Å². The predicted octanol–water partition coefficient (Wildman–Crippen LogP) is 5.79. The van der Waals surface area contributed by atoms with Crippen LogP contribution in [-0.4, -0.2) is 31.1 Å². The molecule has 0 spiro atoms. The molecule has 0 saturated carbocycles. The number of para-hydroxylation sites is 1. The van der Waals surface area contributed by atoms with Gasteiger partial charge in [0, 0.05) is 0 Å². The number of ether oxygens (including phenoxy) is 2. The first-order valence-electron chi connectivity index (χ1n) is 11.1. The van der Waals surface area contributed by atoms with Crippen molar-refractivity contribution in [2.45, 2.75) is 57.5 Å². The molecule has 0 aliphatic carbocycles. The maximum atomic E-state index is 6.19. The lowest BCUT2D eigenvalue weighted by atomic mass is 9.97. The van der Waals surface area contributed by atoms with Gasteiger partial charge in [-0.1, -0.05) is 43.2 Å². The summed E-state index contributed by atoms with van der Waals surface area (Å²) in [5.74, 6) is 2.00. The molecule has 0 radical (unpaired) electrons. The highest BCUT2D eigenvalue weighted by Crippen LogP contribution is 2.35. The predicted molar refractivity (Wildman–Crippen MR) is 114 cm³/mol. The molecule has 4 rings (SSSR count). The Bertz CT molecular complexity index is 722. The van der Waals surface area contributed by atoms with Crippen LogP contribution in [-0.2, 0) is 6.42 Å². The van der Waals surface area contributed by atoms with Crippen LogP contribution in [0.4, 0.5) is 0 Å². The molecule has 1 saturated heterocycles. The second kappa shape index (κ2) is 9.97. The Morgan fingerprint density at radius 2 is 1.68 bits per heavy atom. The lowest BCUT2D eigenvalue weighted by molar-refractivity contribution is 0.176. The van der Waals surface area contributed by atoms with Crippen molar-refractivity contribution in [3.63, 3.8) is 0 Å². The normalized spacial score (nSPS) is 19.2. The van der Waals surface area contributed by atoms with Crippen LogP contribution in [0.3, 0.4) is 0 Å². The first kappa shape index (κ1) is 19.3. The zero-order valence-electron chi connectivity index (χ0n) is 16.9. The molecule has 0 N–H and O–H groups in total. The van der Waals surface area contributed by atoms with Crippen LogP contribution < -0.4 is 9.47 Å². The third-order valence-electron chi connectivity index (χ3n) is 6.01. The molecule has 0 bridgehead atoms. The highest BCUT2D eigenvalue weighted by Gasteiger charge is 2.20. The van der Waals surface area contributed by atoms with Gasteiger partial charge in [-0.05, 0) is 87.5 Å². The van der Waals surface area contributed by atoms with Crippen molar-refractivity contribution in [1.29, 1.82) is 0 Å². The molecule has 2 heterocycles. The summed E-state index contributed by atoms with van der Waals surface area (Å²) in [5, 5.41) is 0. The Balaban J connectivity index is 1.14. The van der Waals surface area contributed by atoms with Crippen LogP contribution in [0.1, 0.15) is 62.2 Å². The van der Waals surface area contributed by atoms with E-state index >= 15 is 0 Å². The zero-order valence-corrected chi connectivity index (χ0v) is 16.9. The molecule has 2 aromatic rings. The van der Waals surface area contributed by atoms with E-state index < -0.39 is 0 Å². The number of nitrogens with zero attached hydrogens (tertiary/aromatic N) is 1. The Morgan fingerprint density at radius 1 is 0.893 bits per heavy atom. The minimum absolute atomic E-state index is 0.152. The number of likely N-dealkylation sites (tertiary alicyclic amines) is 1. The summed E-state index contributed by atoms with van der Waals surface area (Å²) < 4.78 is 12.1. The van der Waals surface area contributed by atoms with Gasteiger partial charge in [0.05, 0.1) is 6.61 Å². The van der Waals surface area contributed by atoms with Gasteiger partial charge in [0.15, 0.2) is 0 Å². The van der Waals surface area contributed by atoms with E-state index in [1.54, 1.807) is 0 Å². The summed E-state index contributed by atoms with van der Waals surface area (Å²) in [4.78, 5) is 2.60. The summed E-state index contributed by atoms with van der Waals surface area (Å²) in [6.45, 7) is 4.74. The van der Waals surface area contributed by atoms with Gasteiger partial charge in [-0.3, -0.25) is 0 Å². The average molecular weight is 380 g/mol. The third-order valence-corrected chi connectivity index (χ3v) is 6.01. The fourth-order valence-electron chi connectivity index (χ4n) is 4.32. The van der Waals surface area contributed by atoms with Gasteiger partial charge >= 0.3 is 0 Å². The molecular weight excluding hydrogens is 346 g/mol.